The first kappa shape index (κ1) is 22.6. The van der Waals surface area contributed by atoms with E-state index in [1.807, 2.05) is 37.3 Å². The lowest BCUT2D eigenvalue weighted by molar-refractivity contribution is 0.191. The highest BCUT2D eigenvalue weighted by molar-refractivity contribution is 6.34. The number of ether oxygens (including phenoxy) is 1. The normalized spacial score (nSPS) is 15.4. The molecule has 1 unspecified atom stereocenters. The second-order valence-corrected chi connectivity index (χ2v) is 8.59. The number of piperazine rings is 1. The molecule has 1 aliphatic rings. The molecule has 9 heteroatoms. The molecular formula is C23H26Cl2N6O. The molecule has 1 saturated heterocycles. The Morgan fingerprint density at radius 2 is 1.66 bits per heavy atom. The van der Waals surface area contributed by atoms with E-state index in [1.54, 1.807) is 18.2 Å². The second kappa shape index (κ2) is 10.3. The van der Waals surface area contributed by atoms with E-state index in [2.05, 4.69) is 27.1 Å². The highest BCUT2D eigenvalue weighted by atomic mass is 35.5. The Labute approximate surface area is 198 Å². The molecule has 1 fully saturated rings. The van der Waals surface area contributed by atoms with E-state index in [4.69, 9.17) is 37.9 Å². The molecule has 2 aromatic carbocycles. The minimum atomic E-state index is -0.380. The Morgan fingerprint density at radius 3 is 2.31 bits per heavy atom. The quantitative estimate of drug-likeness (QED) is 0.506. The van der Waals surface area contributed by atoms with Gasteiger partial charge in [-0.05, 0) is 43.8 Å². The monoisotopic (exact) mass is 472 g/mol. The van der Waals surface area contributed by atoms with Crippen molar-refractivity contribution in [3.63, 3.8) is 0 Å². The van der Waals surface area contributed by atoms with Gasteiger partial charge in [-0.25, -0.2) is 0 Å². The van der Waals surface area contributed by atoms with Gasteiger partial charge in [0.05, 0.1) is 0 Å². The van der Waals surface area contributed by atoms with E-state index in [0.717, 1.165) is 31.9 Å². The van der Waals surface area contributed by atoms with E-state index >= 15 is 0 Å². The number of anilines is 3. The minimum absolute atomic E-state index is 0.380. The number of aromatic nitrogens is 3. The van der Waals surface area contributed by atoms with Gasteiger partial charge < -0.3 is 19.9 Å². The molecule has 168 valence electrons. The number of rotatable bonds is 7. The molecule has 0 bridgehead atoms. The maximum absolute atomic E-state index is 6.20. The van der Waals surface area contributed by atoms with Crippen molar-refractivity contribution in [1.29, 1.82) is 0 Å². The maximum Gasteiger partial charge on any atom is 0.232 e. The number of para-hydroxylation sites is 1. The molecule has 0 saturated carbocycles. The van der Waals surface area contributed by atoms with Gasteiger partial charge in [0.2, 0.25) is 11.9 Å². The topological polar surface area (TPSA) is 66.4 Å². The molecule has 0 aliphatic carbocycles. The smallest absolute Gasteiger partial charge is 0.232 e. The SMILES string of the molecule is CCC(Oc1cc(Cl)cc(Cl)c1)c1nc(Nc2ccccc2)nc(N2CCN(C)CC2)n1. The molecular weight excluding hydrogens is 447 g/mol. The standard InChI is InChI=1S/C23H26Cl2N6O/c1-3-20(32-19-14-16(24)13-17(25)15-19)21-27-22(26-18-7-5-4-6-8-18)29-23(28-21)31-11-9-30(2)10-12-31/h4-8,13-15,20H,3,9-12H2,1-2H3,(H,26,27,28,29). The molecule has 32 heavy (non-hydrogen) atoms. The molecule has 4 rings (SSSR count). The van der Waals surface area contributed by atoms with Crippen molar-refractivity contribution in [2.45, 2.75) is 19.4 Å². The van der Waals surface area contributed by atoms with E-state index in [-0.39, 0.29) is 6.10 Å². The number of nitrogens with zero attached hydrogens (tertiary/aromatic N) is 5. The van der Waals surface area contributed by atoms with Crippen LogP contribution in [0.25, 0.3) is 0 Å². The lowest BCUT2D eigenvalue weighted by Crippen LogP contribution is -2.45. The molecule has 0 amide bonds. The predicted molar refractivity (Wildman–Crippen MR) is 129 cm³/mol. The summed E-state index contributed by atoms with van der Waals surface area (Å²) >= 11 is 12.3. The van der Waals surface area contributed by atoms with E-state index in [0.29, 0.717) is 39.9 Å². The summed E-state index contributed by atoms with van der Waals surface area (Å²) in [5.74, 6) is 2.27. The lowest BCUT2D eigenvalue weighted by atomic mass is 10.2. The third kappa shape index (κ3) is 5.79. The fraction of sp³-hybridized carbons (Fsp3) is 0.348. The van der Waals surface area contributed by atoms with Crippen LogP contribution in [0.5, 0.6) is 5.75 Å². The van der Waals surface area contributed by atoms with Gasteiger partial charge >= 0.3 is 0 Å². The van der Waals surface area contributed by atoms with Gasteiger partial charge in [-0.15, -0.1) is 0 Å². The van der Waals surface area contributed by atoms with Crippen LogP contribution in [0.3, 0.4) is 0 Å². The molecule has 1 aromatic heterocycles. The van der Waals surface area contributed by atoms with Gasteiger partial charge in [0.25, 0.3) is 0 Å². The summed E-state index contributed by atoms with van der Waals surface area (Å²) in [7, 11) is 2.12. The zero-order valence-corrected chi connectivity index (χ0v) is 19.6. The average molecular weight is 473 g/mol. The van der Waals surface area contributed by atoms with Crippen molar-refractivity contribution in [3.05, 3.63) is 64.4 Å². The summed E-state index contributed by atoms with van der Waals surface area (Å²) in [5, 5.41) is 4.33. The highest BCUT2D eigenvalue weighted by Crippen LogP contribution is 2.30. The summed E-state index contributed by atoms with van der Waals surface area (Å²) in [6.07, 6.45) is 0.288. The number of hydrogen-bond donors (Lipinski definition) is 1. The first-order chi connectivity index (χ1) is 15.5. The molecule has 0 spiro atoms. The van der Waals surface area contributed by atoms with Gasteiger partial charge in [0.15, 0.2) is 11.9 Å². The van der Waals surface area contributed by atoms with Crippen molar-refractivity contribution in [1.82, 2.24) is 19.9 Å². The molecule has 1 aliphatic heterocycles. The summed E-state index contributed by atoms with van der Waals surface area (Å²) in [6, 6.07) is 15.0. The van der Waals surface area contributed by atoms with Crippen molar-refractivity contribution >= 4 is 40.8 Å². The second-order valence-electron chi connectivity index (χ2n) is 7.72. The first-order valence-electron chi connectivity index (χ1n) is 10.6. The number of nitrogens with one attached hydrogen (secondary N) is 1. The first-order valence-corrected chi connectivity index (χ1v) is 11.4. The molecule has 2 heterocycles. The number of benzene rings is 2. The average Bonchev–Trinajstić information content (AvgIpc) is 2.78. The van der Waals surface area contributed by atoms with Gasteiger partial charge in [-0.1, -0.05) is 48.3 Å². The Hall–Kier alpha value is -2.61. The number of hydrogen-bond acceptors (Lipinski definition) is 7. The van der Waals surface area contributed by atoms with E-state index in [9.17, 15) is 0 Å². The van der Waals surface area contributed by atoms with Crippen LogP contribution in [-0.4, -0.2) is 53.1 Å². The third-order valence-corrected chi connectivity index (χ3v) is 5.67. The van der Waals surface area contributed by atoms with Gasteiger partial charge in [-0.3, -0.25) is 0 Å². The van der Waals surface area contributed by atoms with Crippen LogP contribution >= 0.6 is 23.2 Å². The van der Waals surface area contributed by atoms with Crippen LogP contribution in [0.15, 0.2) is 48.5 Å². The fourth-order valence-electron chi connectivity index (χ4n) is 3.46. The molecule has 0 radical (unpaired) electrons. The molecule has 3 aromatic rings. The minimum Gasteiger partial charge on any atom is -0.482 e. The zero-order valence-electron chi connectivity index (χ0n) is 18.1. The Morgan fingerprint density at radius 1 is 0.969 bits per heavy atom. The summed E-state index contributed by atoms with van der Waals surface area (Å²) in [4.78, 5) is 18.7. The number of halogens is 2. The summed E-state index contributed by atoms with van der Waals surface area (Å²) in [5.41, 5.74) is 0.907. The van der Waals surface area contributed by atoms with Crippen LogP contribution < -0.4 is 15.0 Å². The Bertz CT molecular complexity index is 1020. The van der Waals surface area contributed by atoms with Crippen LogP contribution in [-0.2, 0) is 0 Å². The molecule has 7 nitrogen and oxygen atoms in total. The van der Waals surface area contributed by atoms with Crippen molar-refractivity contribution in [2.75, 3.05) is 43.4 Å². The van der Waals surface area contributed by atoms with Crippen LogP contribution in [0, 0.1) is 0 Å². The molecule has 1 atom stereocenters. The third-order valence-electron chi connectivity index (χ3n) is 5.23. The predicted octanol–water partition coefficient (Wildman–Crippen LogP) is 5.20. The van der Waals surface area contributed by atoms with Crippen LogP contribution in [0.1, 0.15) is 25.3 Å². The van der Waals surface area contributed by atoms with Crippen LogP contribution in [0.4, 0.5) is 17.6 Å². The Balaban J connectivity index is 1.66. The summed E-state index contributed by atoms with van der Waals surface area (Å²) < 4.78 is 6.20. The van der Waals surface area contributed by atoms with Crippen molar-refractivity contribution in [3.8, 4) is 5.75 Å². The highest BCUT2D eigenvalue weighted by Gasteiger charge is 2.22. The largest absolute Gasteiger partial charge is 0.482 e. The lowest BCUT2D eigenvalue weighted by Gasteiger charge is -2.32. The summed E-state index contributed by atoms with van der Waals surface area (Å²) in [6.45, 7) is 5.65. The maximum atomic E-state index is 6.20. The number of likely N-dealkylation sites (N-methyl/N-ethyl adjacent to an activating group) is 1. The van der Waals surface area contributed by atoms with Gasteiger partial charge in [-0.2, -0.15) is 15.0 Å². The fourth-order valence-corrected chi connectivity index (χ4v) is 3.96. The Kier molecular flexibility index (Phi) is 7.29. The van der Waals surface area contributed by atoms with Crippen LogP contribution in [0.2, 0.25) is 10.0 Å². The van der Waals surface area contributed by atoms with Crippen molar-refractivity contribution in [2.24, 2.45) is 0 Å². The van der Waals surface area contributed by atoms with E-state index < -0.39 is 0 Å². The zero-order chi connectivity index (χ0) is 22.5. The molecule has 1 N–H and O–H groups in total. The van der Waals surface area contributed by atoms with Gasteiger partial charge in [0.1, 0.15) is 5.75 Å². The van der Waals surface area contributed by atoms with E-state index in [1.165, 1.54) is 0 Å². The van der Waals surface area contributed by atoms with Crippen molar-refractivity contribution < 1.29 is 4.74 Å². The van der Waals surface area contributed by atoms with Gasteiger partial charge in [0, 0.05) is 41.9 Å².